The fraction of sp³-hybridized carbons (Fsp3) is 0.250. The van der Waals surface area contributed by atoms with Gasteiger partial charge in [-0.3, -0.25) is 34.7 Å². The summed E-state index contributed by atoms with van der Waals surface area (Å²) < 4.78 is 0. The first-order valence-electron chi connectivity index (χ1n) is 8.87. The molecule has 0 unspecified atom stereocenters. The fourth-order valence-electron chi connectivity index (χ4n) is 3.21. The molecule has 8 heteroatoms. The molecule has 144 valence electrons. The maximum Gasteiger partial charge on any atom is 0.269 e. The largest absolute Gasteiger partial charge is 0.293 e. The van der Waals surface area contributed by atoms with Gasteiger partial charge in [0.25, 0.3) is 11.6 Å². The molecule has 2 aromatic rings. The van der Waals surface area contributed by atoms with Crippen LogP contribution in [0.15, 0.2) is 54.6 Å². The van der Waals surface area contributed by atoms with E-state index in [9.17, 15) is 24.5 Å². The van der Waals surface area contributed by atoms with Crippen molar-refractivity contribution in [3.05, 3.63) is 75.8 Å². The number of non-ortho nitro benzene ring substituents is 1. The van der Waals surface area contributed by atoms with Crippen molar-refractivity contribution in [3.63, 3.8) is 0 Å². The van der Waals surface area contributed by atoms with Crippen LogP contribution in [0.2, 0.25) is 0 Å². The van der Waals surface area contributed by atoms with E-state index in [0.717, 1.165) is 6.42 Å². The maximum atomic E-state index is 12.5. The van der Waals surface area contributed by atoms with E-state index >= 15 is 0 Å². The van der Waals surface area contributed by atoms with Gasteiger partial charge in [-0.2, -0.15) is 0 Å². The summed E-state index contributed by atoms with van der Waals surface area (Å²) in [6.07, 6.45) is 1.30. The first-order chi connectivity index (χ1) is 13.5. The molecule has 1 heterocycles. The average Bonchev–Trinajstić information content (AvgIpc) is 3.17. The van der Waals surface area contributed by atoms with Gasteiger partial charge in [0.15, 0.2) is 5.78 Å². The minimum absolute atomic E-state index is 0.00935. The number of nitrogens with zero attached hydrogens (tertiary/aromatic N) is 2. The van der Waals surface area contributed by atoms with Gasteiger partial charge in [-0.25, -0.2) is 0 Å². The Morgan fingerprint density at radius 1 is 1.04 bits per heavy atom. The number of amides is 2. The van der Waals surface area contributed by atoms with Crippen LogP contribution >= 0.6 is 0 Å². The van der Waals surface area contributed by atoms with Crippen molar-refractivity contribution in [2.75, 3.05) is 13.1 Å². The SMILES string of the molecule is O=C(CN1CCC[C@@H]1C(=O)NC(=O)c1ccccc1)c1ccc([N+](=O)[O-])cc1. The van der Waals surface area contributed by atoms with Gasteiger partial charge in [0.05, 0.1) is 17.5 Å². The Labute approximate surface area is 161 Å². The fourth-order valence-corrected chi connectivity index (χ4v) is 3.21. The van der Waals surface area contributed by atoms with E-state index in [1.54, 1.807) is 35.2 Å². The average molecular weight is 381 g/mol. The molecule has 1 aliphatic heterocycles. The third-order valence-corrected chi connectivity index (χ3v) is 4.69. The van der Waals surface area contributed by atoms with Crippen molar-refractivity contribution in [1.82, 2.24) is 10.2 Å². The number of ketones is 1. The predicted molar refractivity (Wildman–Crippen MR) is 101 cm³/mol. The number of likely N-dealkylation sites (tertiary alicyclic amines) is 1. The zero-order chi connectivity index (χ0) is 20.1. The summed E-state index contributed by atoms with van der Waals surface area (Å²) in [6.45, 7) is 0.575. The molecule has 0 aromatic heterocycles. The summed E-state index contributed by atoms with van der Waals surface area (Å²) in [6, 6.07) is 13.2. The quantitative estimate of drug-likeness (QED) is 0.356. The van der Waals surface area contributed by atoms with Gasteiger partial charge in [0.1, 0.15) is 0 Å². The third-order valence-electron chi connectivity index (χ3n) is 4.69. The smallest absolute Gasteiger partial charge is 0.269 e. The Morgan fingerprint density at radius 3 is 2.36 bits per heavy atom. The minimum Gasteiger partial charge on any atom is -0.293 e. The van der Waals surface area contributed by atoms with Crippen LogP contribution in [0.3, 0.4) is 0 Å². The summed E-state index contributed by atoms with van der Waals surface area (Å²) in [7, 11) is 0. The molecule has 2 aromatic carbocycles. The number of nitro benzene ring substituents is 1. The minimum atomic E-state index is -0.560. The molecule has 8 nitrogen and oxygen atoms in total. The van der Waals surface area contributed by atoms with Crippen LogP contribution in [0.4, 0.5) is 5.69 Å². The van der Waals surface area contributed by atoms with Crippen molar-refractivity contribution in [1.29, 1.82) is 0 Å². The molecule has 1 aliphatic rings. The van der Waals surface area contributed by atoms with Gasteiger partial charge in [-0.05, 0) is 43.7 Å². The van der Waals surface area contributed by atoms with Crippen molar-refractivity contribution in [2.45, 2.75) is 18.9 Å². The van der Waals surface area contributed by atoms with Gasteiger partial charge < -0.3 is 0 Å². The highest BCUT2D eigenvalue weighted by Gasteiger charge is 2.33. The van der Waals surface area contributed by atoms with Gasteiger partial charge in [0, 0.05) is 23.3 Å². The Balaban J connectivity index is 1.62. The molecule has 0 saturated carbocycles. The summed E-state index contributed by atoms with van der Waals surface area (Å²) in [4.78, 5) is 49.1. The number of hydrogen-bond donors (Lipinski definition) is 1. The molecule has 1 fully saturated rings. The molecular weight excluding hydrogens is 362 g/mol. The van der Waals surface area contributed by atoms with Crippen LogP contribution in [0.25, 0.3) is 0 Å². The number of benzene rings is 2. The van der Waals surface area contributed by atoms with Gasteiger partial charge in [0.2, 0.25) is 5.91 Å². The van der Waals surface area contributed by atoms with Crippen molar-refractivity contribution in [2.24, 2.45) is 0 Å². The topological polar surface area (TPSA) is 110 Å². The molecule has 0 spiro atoms. The standard InChI is InChI=1S/C20H19N3O5/c24-18(14-8-10-16(11-9-14)23(27)28)13-22-12-4-7-17(22)20(26)21-19(25)15-5-2-1-3-6-15/h1-3,5-6,8-11,17H,4,7,12-13H2,(H,21,25,26)/t17-/m1/s1. The number of imide groups is 1. The second-order valence-electron chi connectivity index (χ2n) is 6.54. The number of carbonyl (C=O) groups is 3. The number of nitrogens with one attached hydrogen (secondary N) is 1. The Bertz CT molecular complexity index is 896. The van der Waals surface area contributed by atoms with E-state index in [1.165, 1.54) is 24.3 Å². The van der Waals surface area contributed by atoms with Gasteiger partial charge in [-0.1, -0.05) is 18.2 Å². The Kier molecular flexibility index (Phi) is 5.90. The number of carbonyl (C=O) groups excluding carboxylic acids is 3. The molecule has 0 radical (unpaired) electrons. The Hall–Kier alpha value is -3.39. The van der Waals surface area contributed by atoms with Crippen LogP contribution in [0, 0.1) is 10.1 Å². The summed E-state index contributed by atoms with van der Waals surface area (Å²) in [5, 5.41) is 13.1. The molecular formula is C20H19N3O5. The molecule has 28 heavy (non-hydrogen) atoms. The lowest BCUT2D eigenvalue weighted by Crippen LogP contribution is -2.46. The Morgan fingerprint density at radius 2 is 1.71 bits per heavy atom. The molecule has 1 N–H and O–H groups in total. The van der Waals surface area contributed by atoms with Crippen molar-refractivity contribution >= 4 is 23.3 Å². The molecule has 2 amide bonds. The second-order valence-corrected chi connectivity index (χ2v) is 6.54. The van der Waals surface area contributed by atoms with E-state index in [2.05, 4.69) is 5.32 Å². The highest BCUT2D eigenvalue weighted by molar-refractivity contribution is 6.06. The van der Waals surface area contributed by atoms with Gasteiger partial charge in [-0.15, -0.1) is 0 Å². The number of Topliss-reactive ketones (excluding diaryl/α,β-unsaturated/α-hetero) is 1. The number of hydrogen-bond acceptors (Lipinski definition) is 6. The second kappa shape index (κ2) is 8.53. The molecule has 3 rings (SSSR count). The lowest BCUT2D eigenvalue weighted by atomic mass is 10.1. The lowest BCUT2D eigenvalue weighted by Gasteiger charge is -2.22. The van der Waals surface area contributed by atoms with E-state index in [4.69, 9.17) is 0 Å². The van der Waals surface area contributed by atoms with Crippen molar-refractivity contribution < 1.29 is 19.3 Å². The molecule has 1 saturated heterocycles. The van der Waals surface area contributed by atoms with E-state index in [0.29, 0.717) is 24.1 Å². The zero-order valence-electron chi connectivity index (χ0n) is 15.0. The lowest BCUT2D eigenvalue weighted by molar-refractivity contribution is -0.384. The normalized spacial score (nSPS) is 16.5. The third kappa shape index (κ3) is 4.47. The van der Waals surface area contributed by atoms with Crippen LogP contribution < -0.4 is 5.32 Å². The van der Waals surface area contributed by atoms with Gasteiger partial charge >= 0.3 is 0 Å². The highest BCUT2D eigenvalue weighted by Crippen LogP contribution is 2.19. The monoisotopic (exact) mass is 381 g/mol. The predicted octanol–water partition coefficient (Wildman–Crippen LogP) is 2.20. The van der Waals surface area contributed by atoms with E-state index in [1.807, 2.05) is 0 Å². The zero-order valence-corrected chi connectivity index (χ0v) is 15.0. The first kappa shape index (κ1) is 19.4. The van der Waals surface area contributed by atoms with E-state index in [-0.39, 0.29) is 18.0 Å². The highest BCUT2D eigenvalue weighted by atomic mass is 16.6. The van der Waals surface area contributed by atoms with Crippen molar-refractivity contribution in [3.8, 4) is 0 Å². The van der Waals surface area contributed by atoms with Crippen LogP contribution in [-0.2, 0) is 4.79 Å². The van der Waals surface area contributed by atoms with Crippen LogP contribution in [0.1, 0.15) is 33.6 Å². The summed E-state index contributed by atoms with van der Waals surface area (Å²) in [5.74, 6) is -1.13. The summed E-state index contributed by atoms with van der Waals surface area (Å²) >= 11 is 0. The molecule has 1 atom stereocenters. The number of rotatable bonds is 6. The summed E-state index contributed by atoms with van der Waals surface area (Å²) in [5.41, 5.74) is 0.647. The molecule has 0 bridgehead atoms. The maximum absolute atomic E-state index is 12.5. The number of nitro groups is 1. The first-order valence-corrected chi connectivity index (χ1v) is 8.87. The van der Waals surface area contributed by atoms with Crippen LogP contribution in [0.5, 0.6) is 0 Å². The molecule has 0 aliphatic carbocycles. The van der Waals surface area contributed by atoms with E-state index < -0.39 is 22.8 Å². The van der Waals surface area contributed by atoms with Crippen LogP contribution in [-0.4, -0.2) is 46.6 Å².